The monoisotopic (exact) mass is 503 g/mol. The van der Waals surface area contributed by atoms with Gasteiger partial charge < -0.3 is 24.3 Å². The smallest absolute Gasteiger partial charge is 0.354 e. The zero-order valence-corrected chi connectivity index (χ0v) is 21.1. The Morgan fingerprint density at radius 1 is 0.919 bits per heavy atom. The Morgan fingerprint density at radius 2 is 1.59 bits per heavy atom. The molecule has 0 aliphatic carbocycles. The molecular weight excluding hydrogens is 474 g/mol. The number of benzene rings is 2. The molecule has 0 atom stereocenters. The highest BCUT2D eigenvalue weighted by molar-refractivity contribution is 6.02. The number of unbranched alkanes of at least 4 members (excludes halogenated alkanes) is 1. The summed E-state index contributed by atoms with van der Waals surface area (Å²) in [6.45, 7) is 3.28. The molecule has 0 bridgehead atoms. The van der Waals surface area contributed by atoms with Crippen molar-refractivity contribution in [3.05, 3.63) is 64.7 Å². The number of methoxy groups -OCH3 is 2. The molecule has 2 rings (SSSR count). The Bertz CT molecular complexity index is 1220. The third kappa shape index (κ3) is 9.17. The zero-order chi connectivity index (χ0) is 27.0. The van der Waals surface area contributed by atoms with Crippen LogP contribution in [-0.2, 0) is 14.3 Å². The largest absolute Gasteiger partial charge is 0.494 e. The van der Waals surface area contributed by atoms with Gasteiger partial charge in [0.1, 0.15) is 29.0 Å². The predicted molar refractivity (Wildman–Crippen MR) is 138 cm³/mol. The molecule has 0 aliphatic heterocycles. The molecule has 1 N–H and O–H groups in total. The predicted octanol–water partition coefficient (Wildman–Crippen LogP) is 4.06. The molecule has 9 nitrogen and oxygen atoms in total. The summed E-state index contributed by atoms with van der Waals surface area (Å²) in [7, 11) is 2.89. The van der Waals surface area contributed by atoms with Crippen LogP contribution in [-0.4, -0.2) is 45.9 Å². The van der Waals surface area contributed by atoms with E-state index in [2.05, 4.69) is 12.2 Å². The lowest BCUT2D eigenvalue weighted by Crippen LogP contribution is -2.27. The molecule has 0 heterocycles. The van der Waals surface area contributed by atoms with Crippen LogP contribution >= 0.6 is 0 Å². The van der Waals surface area contributed by atoms with Crippen LogP contribution in [0.3, 0.4) is 0 Å². The average Bonchev–Trinajstić information content (AvgIpc) is 2.91. The van der Waals surface area contributed by atoms with Crippen LogP contribution in [0.2, 0.25) is 0 Å². The molecule has 0 aliphatic rings. The molecule has 2 aromatic rings. The van der Waals surface area contributed by atoms with E-state index in [0.717, 1.165) is 12.8 Å². The number of nitriles is 2. The van der Waals surface area contributed by atoms with Crippen molar-refractivity contribution < 1.29 is 28.5 Å². The van der Waals surface area contributed by atoms with Gasteiger partial charge in [0, 0.05) is 13.7 Å². The molecule has 9 heteroatoms. The average molecular weight is 504 g/mol. The van der Waals surface area contributed by atoms with Crippen molar-refractivity contribution in [2.45, 2.75) is 19.8 Å². The second-order valence-electron chi connectivity index (χ2n) is 7.66. The highest BCUT2D eigenvalue weighted by Crippen LogP contribution is 2.30. The summed E-state index contributed by atoms with van der Waals surface area (Å²) < 4.78 is 21.2. The fourth-order valence-electron chi connectivity index (χ4n) is 2.99. The molecule has 0 aromatic heterocycles. The third-order valence-corrected chi connectivity index (χ3v) is 4.96. The first kappa shape index (κ1) is 28.6. The fourth-order valence-corrected chi connectivity index (χ4v) is 2.99. The van der Waals surface area contributed by atoms with Crippen molar-refractivity contribution in [2.75, 3.05) is 34.0 Å². The summed E-state index contributed by atoms with van der Waals surface area (Å²) in [6, 6.07) is 15.3. The molecule has 0 saturated heterocycles. The SMILES string of the molecule is CCCCOc1ccc(/C=C(\C#N)C(=O)Oc2ccc(/C=C(\C#N)C(=O)NCCOC)cc2OC)cc1. The van der Waals surface area contributed by atoms with Crippen molar-refractivity contribution in [1.82, 2.24) is 5.32 Å². The van der Waals surface area contributed by atoms with Gasteiger partial charge in [-0.3, -0.25) is 4.79 Å². The van der Waals surface area contributed by atoms with Crippen molar-refractivity contribution in [3.63, 3.8) is 0 Å². The van der Waals surface area contributed by atoms with Gasteiger partial charge in [-0.15, -0.1) is 0 Å². The van der Waals surface area contributed by atoms with Crippen LogP contribution in [0.4, 0.5) is 0 Å². The minimum atomic E-state index is -0.859. The molecule has 192 valence electrons. The summed E-state index contributed by atoms with van der Waals surface area (Å²) >= 11 is 0. The van der Waals surface area contributed by atoms with E-state index in [0.29, 0.717) is 30.1 Å². The van der Waals surface area contributed by atoms with Gasteiger partial charge in [-0.2, -0.15) is 10.5 Å². The van der Waals surface area contributed by atoms with E-state index in [1.165, 1.54) is 38.5 Å². The van der Waals surface area contributed by atoms with Crippen molar-refractivity contribution in [2.24, 2.45) is 0 Å². The lowest BCUT2D eigenvalue weighted by atomic mass is 10.1. The van der Waals surface area contributed by atoms with E-state index in [9.17, 15) is 20.1 Å². The van der Waals surface area contributed by atoms with Gasteiger partial charge in [-0.1, -0.05) is 31.5 Å². The van der Waals surface area contributed by atoms with Crippen LogP contribution in [0.1, 0.15) is 30.9 Å². The Kier molecular flexibility index (Phi) is 11.9. The number of ether oxygens (including phenoxy) is 4. The van der Waals surface area contributed by atoms with Gasteiger partial charge >= 0.3 is 5.97 Å². The van der Waals surface area contributed by atoms with E-state index in [4.69, 9.17) is 18.9 Å². The minimum Gasteiger partial charge on any atom is -0.494 e. The molecule has 2 aromatic carbocycles. The van der Waals surface area contributed by atoms with E-state index in [1.54, 1.807) is 30.3 Å². The first-order valence-corrected chi connectivity index (χ1v) is 11.6. The number of hydrogen-bond donors (Lipinski definition) is 1. The molecular formula is C28H29N3O6. The maximum Gasteiger partial charge on any atom is 0.354 e. The maximum absolute atomic E-state index is 12.7. The number of nitrogens with zero attached hydrogens (tertiary/aromatic N) is 2. The van der Waals surface area contributed by atoms with Gasteiger partial charge in [-0.05, 0) is 54.0 Å². The van der Waals surface area contributed by atoms with Crippen molar-refractivity contribution in [1.29, 1.82) is 10.5 Å². The molecule has 1 amide bonds. The normalized spacial score (nSPS) is 11.2. The van der Waals surface area contributed by atoms with Crippen LogP contribution < -0.4 is 19.5 Å². The Morgan fingerprint density at radius 3 is 2.22 bits per heavy atom. The lowest BCUT2D eigenvalue weighted by molar-refractivity contribution is -0.129. The molecule has 0 fully saturated rings. The van der Waals surface area contributed by atoms with E-state index < -0.39 is 11.9 Å². The second-order valence-corrected chi connectivity index (χ2v) is 7.66. The first-order chi connectivity index (χ1) is 17.9. The molecule has 37 heavy (non-hydrogen) atoms. The Labute approximate surface area is 216 Å². The van der Waals surface area contributed by atoms with E-state index >= 15 is 0 Å². The highest BCUT2D eigenvalue weighted by Gasteiger charge is 2.16. The third-order valence-electron chi connectivity index (χ3n) is 4.96. The van der Waals surface area contributed by atoms with Gasteiger partial charge in [-0.25, -0.2) is 4.79 Å². The summed E-state index contributed by atoms with van der Waals surface area (Å²) in [5, 5.41) is 21.4. The minimum absolute atomic E-state index is 0.0773. The number of hydrogen-bond acceptors (Lipinski definition) is 8. The summed E-state index contributed by atoms with van der Waals surface area (Å²) in [4.78, 5) is 24.8. The Hall–Kier alpha value is -4.60. The van der Waals surface area contributed by atoms with Crippen molar-refractivity contribution in [3.8, 4) is 29.4 Å². The van der Waals surface area contributed by atoms with Gasteiger partial charge in [0.2, 0.25) is 0 Å². The van der Waals surface area contributed by atoms with Gasteiger partial charge in [0.05, 0.1) is 20.3 Å². The zero-order valence-electron chi connectivity index (χ0n) is 21.1. The van der Waals surface area contributed by atoms with Crippen LogP contribution in [0.5, 0.6) is 17.2 Å². The molecule has 0 spiro atoms. The van der Waals surface area contributed by atoms with Gasteiger partial charge in [0.15, 0.2) is 11.5 Å². The van der Waals surface area contributed by atoms with Crippen LogP contribution in [0, 0.1) is 22.7 Å². The topological polar surface area (TPSA) is 131 Å². The number of rotatable bonds is 13. The second kappa shape index (κ2) is 15.4. The number of amides is 1. The number of carbonyl (C=O) groups is 2. The number of esters is 1. The van der Waals surface area contributed by atoms with Crippen molar-refractivity contribution >= 4 is 24.0 Å². The van der Waals surface area contributed by atoms with Gasteiger partial charge in [0.25, 0.3) is 5.91 Å². The molecule has 0 saturated carbocycles. The standard InChI is InChI=1S/C28H29N3O6/c1-4-5-13-36-24-9-6-20(7-10-24)15-23(19-30)28(33)37-25-11-8-21(17-26(25)35-3)16-22(18-29)27(32)31-12-14-34-2/h6-11,15-17H,4-5,12-14H2,1-3H3,(H,31,32)/b22-16+,23-15+. The maximum atomic E-state index is 12.7. The number of nitrogens with one attached hydrogen (secondary N) is 1. The summed E-state index contributed by atoms with van der Waals surface area (Å²) in [5.41, 5.74) is 0.800. The molecule has 0 unspecified atom stereocenters. The summed E-state index contributed by atoms with van der Waals surface area (Å²) in [5.74, 6) is -0.433. The van der Waals surface area contributed by atoms with Crippen LogP contribution in [0.15, 0.2) is 53.6 Å². The summed E-state index contributed by atoms with van der Waals surface area (Å²) in [6.07, 6.45) is 4.79. The number of carbonyl (C=O) groups excluding carboxylic acids is 2. The van der Waals surface area contributed by atoms with Crippen LogP contribution in [0.25, 0.3) is 12.2 Å². The quantitative estimate of drug-likeness (QED) is 0.142. The van der Waals surface area contributed by atoms with E-state index in [-0.39, 0.29) is 29.2 Å². The fraction of sp³-hybridized carbons (Fsp3) is 0.286. The highest BCUT2D eigenvalue weighted by atomic mass is 16.6. The first-order valence-electron chi connectivity index (χ1n) is 11.6. The Balaban J connectivity index is 2.16. The van der Waals surface area contributed by atoms with E-state index in [1.807, 2.05) is 12.1 Å². The lowest BCUT2D eigenvalue weighted by Gasteiger charge is -2.10. The molecule has 0 radical (unpaired) electrons.